The van der Waals surface area contributed by atoms with Gasteiger partial charge in [0.1, 0.15) is 6.61 Å². The number of methoxy groups -OCH3 is 1. The monoisotopic (exact) mass is 231 g/mol. The van der Waals surface area contributed by atoms with Crippen LogP contribution in [0.1, 0.15) is 0 Å². The molecule has 0 saturated heterocycles. The largest absolute Gasteiger partial charge is 0.458 e. The molecule has 0 N–H and O–H groups in total. The van der Waals surface area contributed by atoms with Crippen LogP contribution in [0.2, 0.25) is 0 Å². The van der Waals surface area contributed by atoms with Gasteiger partial charge >= 0.3 is 12.5 Å². The smallest absolute Gasteiger partial charge is 0.387 e. The van der Waals surface area contributed by atoms with Crippen molar-refractivity contribution >= 4 is 5.97 Å². The molecule has 0 aliphatic rings. The quantitative estimate of drug-likeness (QED) is 0.304. The zero-order valence-corrected chi connectivity index (χ0v) is 9.44. The van der Waals surface area contributed by atoms with E-state index in [9.17, 15) is 4.79 Å². The van der Waals surface area contributed by atoms with Crippen LogP contribution < -0.4 is 0 Å². The molecule has 0 aromatic rings. The van der Waals surface area contributed by atoms with Crippen molar-refractivity contribution in [1.29, 1.82) is 0 Å². The van der Waals surface area contributed by atoms with Crippen molar-refractivity contribution in [2.75, 3.05) is 53.3 Å². The fraction of sp³-hybridized carbons (Fsp3) is 0.800. The molecule has 0 aromatic heterocycles. The van der Waals surface area contributed by atoms with Crippen LogP contribution in [-0.2, 0) is 23.7 Å². The minimum atomic E-state index is -0.519. The van der Waals surface area contributed by atoms with Crippen LogP contribution in [0.5, 0.6) is 0 Å². The average molecular weight is 231 g/mol. The standard InChI is InChI=1S/C10H17NO5/c1-11-9-10(12)16-8-7-15-6-5-14-4-3-13-2/h3-9H2,2H3. The SMILES string of the molecule is [C-]#[N+]CC(=O)OCCOCCOCCOC. The highest BCUT2D eigenvalue weighted by molar-refractivity contribution is 5.73. The maximum atomic E-state index is 10.7. The van der Waals surface area contributed by atoms with Crippen LogP contribution in [0.4, 0.5) is 0 Å². The molecule has 6 heteroatoms. The highest BCUT2D eigenvalue weighted by Gasteiger charge is 2.03. The predicted molar refractivity (Wildman–Crippen MR) is 55.9 cm³/mol. The van der Waals surface area contributed by atoms with E-state index >= 15 is 0 Å². The molecule has 0 aliphatic carbocycles. The van der Waals surface area contributed by atoms with Crippen molar-refractivity contribution < 1.29 is 23.7 Å². The number of rotatable bonds is 10. The molecule has 0 fully saturated rings. The van der Waals surface area contributed by atoms with E-state index in [1.807, 2.05) is 0 Å². The first-order valence-corrected chi connectivity index (χ1v) is 4.94. The maximum Gasteiger partial charge on any atom is 0.387 e. The lowest BCUT2D eigenvalue weighted by Crippen LogP contribution is -2.14. The van der Waals surface area contributed by atoms with E-state index in [0.717, 1.165) is 0 Å². The second-order valence-electron chi connectivity index (χ2n) is 2.75. The van der Waals surface area contributed by atoms with Crippen molar-refractivity contribution in [3.05, 3.63) is 11.4 Å². The Labute approximate surface area is 95.2 Å². The van der Waals surface area contributed by atoms with Crippen LogP contribution in [0, 0.1) is 6.57 Å². The normalized spacial score (nSPS) is 9.75. The molecule has 0 amide bonds. The lowest BCUT2D eigenvalue weighted by atomic mass is 10.6. The summed E-state index contributed by atoms with van der Waals surface area (Å²) in [5, 5.41) is 0. The molecular formula is C10H17NO5. The van der Waals surface area contributed by atoms with E-state index in [4.69, 9.17) is 20.8 Å². The maximum absolute atomic E-state index is 10.7. The summed E-state index contributed by atoms with van der Waals surface area (Å²) >= 11 is 0. The van der Waals surface area contributed by atoms with Crippen LogP contribution >= 0.6 is 0 Å². The lowest BCUT2D eigenvalue weighted by molar-refractivity contribution is -0.142. The summed E-state index contributed by atoms with van der Waals surface area (Å²) < 4.78 is 19.7. The zero-order valence-electron chi connectivity index (χ0n) is 9.44. The average Bonchev–Trinajstić information content (AvgIpc) is 2.27. The molecule has 0 rings (SSSR count). The van der Waals surface area contributed by atoms with Crippen molar-refractivity contribution in [3.63, 3.8) is 0 Å². The van der Waals surface area contributed by atoms with Crippen LogP contribution in [0.15, 0.2) is 0 Å². The Morgan fingerprint density at radius 3 is 2.19 bits per heavy atom. The first kappa shape index (κ1) is 14.8. The van der Waals surface area contributed by atoms with Gasteiger partial charge in [0.2, 0.25) is 0 Å². The number of ether oxygens (including phenoxy) is 4. The first-order chi connectivity index (χ1) is 7.81. The van der Waals surface area contributed by atoms with E-state index in [1.54, 1.807) is 7.11 Å². The number of carbonyl (C=O) groups is 1. The minimum absolute atomic E-state index is 0.173. The summed E-state index contributed by atoms with van der Waals surface area (Å²) in [6.07, 6.45) is 0. The molecule has 0 atom stereocenters. The van der Waals surface area contributed by atoms with Crippen LogP contribution in [0.3, 0.4) is 0 Å². The Morgan fingerprint density at radius 1 is 1.06 bits per heavy atom. The fourth-order valence-corrected chi connectivity index (χ4v) is 0.789. The van der Waals surface area contributed by atoms with Gasteiger partial charge in [0.15, 0.2) is 0 Å². The molecule has 0 radical (unpaired) electrons. The van der Waals surface area contributed by atoms with E-state index in [1.165, 1.54) is 0 Å². The van der Waals surface area contributed by atoms with Gasteiger partial charge in [-0.15, -0.1) is 0 Å². The summed E-state index contributed by atoms with van der Waals surface area (Å²) in [6, 6.07) is 0. The van der Waals surface area contributed by atoms with Gasteiger partial charge in [0.05, 0.1) is 33.0 Å². The highest BCUT2D eigenvalue weighted by Crippen LogP contribution is 1.83. The van der Waals surface area contributed by atoms with Crippen molar-refractivity contribution in [2.45, 2.75) is 0 Å². The highest BCUT2D eigenvalue weighted by atomic mass is 16.6. The second kappa shape index (κ2) is 11.9. The Hall–Kier alpha value is -1.16. The number of nitrogens with zero attached hydrogens (tertiary/aromatic N) is 1. The fourth-order valence-electron chi connectivity index (χ4n) is 0.789. The van der Waals surface area contributed by atoms with Gasteiger partial charge in [-0.25, -0.2) is 11.4 Å². The molecule has 0 aliphatic heterocycles. The third kappa shape index (κ3) is 10.9. The summed E-state index contributed by atoms with van der Waals surface area (Å²) in [7, 11) is 1.61. The van der Waals surface area contributed by atoms with Gasteiger partial charge < -0.3 is 23.8 Å². The third-order valence-electron chi connectivity index (χ3n) is 1.50. The first-order valence-electron chi connectivity index (χ1n) is 4.94. The molecule has 92 valence electrons. The summed E-state index contributed by atoms with van der Waals surface area (Å²) in [5.74, 6) is -0.519. The third-order valence-corrected chi connectivity index (χ3v) is 1.50. The Balaban J connectivity index is 3.04. The molecule has 0 aromatic carbocycles. The molecule has 0 heterocycles. The minimum Gasteiger partial charge on any atom is -0.458 e. The summed E-state index contributed by atoms with van der Waals surface area (Å²) in [6.45, 7) is 8.72. The summed E-state index contributed by atoms with van der Waals surface area (Å²) in [5.41, 5.74) is 0. The molecule has 0 bridgehead atoms. The van der Waals surface area contributed by atoms with Gasteiger partial charge in [-0.1, -0.05) is 0 Å². The number of esters is 1. The van der Waals surface area contributed by atoms with Crippen LogP contribution in [-0.4, -0.2) is 59.3 Å². The lowest BCUT2D eigenvalue weighted by Gasteiger charge is -2.05. The Morgan fingerprint density at radius 2 is 1.62 bits per heavy atom. The van der Waals surface area contributed by atoms with Crippen molar-refractivity contribution in [3.8, 4) is 0 Å². The molecule has 16 heavy (non-hydrogen) atoms. The van der Waals surface area contributed by atoms with Crippen molar-refractivity contribution in [2.24, 2.45) is 0 Å². The van der Waals surface area contributed by atoms with E-state index in [2.05, 4.69) is 9.58 Å². The molecule has 0 saturated carbocycles. The number of hydrogen-bond donors (Lipinski definition) is 0. The van der Waals surface area contributed by atoms with E-state index in [0.29, 0.717) is 33.0 Å². The predicted octanol–water partition coefficient (Wildman–Crippen LogP) is 0.128. The van der Waals surface area contributed by atoms with Gasteiger partial charge in [0.25, 0.3) is 0 Å². The molecule has 0 unspecified atom stereocenters. The van der Waals surface area contributed by atoms with Gasteiger partial charge in [-0.3, -0.25) is 0 Å². The Bertz CT molecular complexity index is 214. The van der Waals surface area contributed by atoms with E-state index in [-0.39, 0.29) is 13.2 Å². The molecular weight excluding hydrogens is 214 g/mol. The van der Waals surface area contributed by atoms with Crippen LogP contribution in [0.25, 0.3) is 4.85 Å². The Kier molecular flexibility index (Phi) is 11.0. The van der Waals surface area contributed by atoms with Gasteiger partial charge in [-0.05, 0) is 0 Å². The topological polar surface area (TPSA) is 58.4 Å². The number of hydrogen-bond acceptors (Lipinski definition) is 5. The molecule has 0 spiro atoms. The zero-order chi connectivity index (χ0) is 12.1. The summed E-state index contributed by atoms with van der Waals surface area (Å²) in [4.78, 5) is 13.6. The van der Waals surface area contributed by atoms with Crippen molar-refractivity contribution in [1.82, 2.24) is 0 Å². The second-order valence-corrected chi connectivity index (χ2v) is 2.75. The van der Waals surface area contributed by atoms with Gasteiger partial charge in [-0.2, -0.15) is 0 Å². The molecule has 6 nitrogen and oxygen atoms in total. The van der Waals surface area contributed by atoms with Gasteiger partial charge in [0, 0.05) is 7.11 Å². The number of carbonyl (C=O) groups excluding carboxylic acids is 1. The van der Waals surface area contributed by atoms with E-state index < -0.39 is 5.97 Å².